The monoisotopic (exact) mass is 198 g/mol. The standard InChI is InChI=1S/C9H10O2.CH4S/c1-7(10)8-4-3-5-9(6-8)11-2;1-2/h3-6H,1-2H3;2H,1H3. The maximum Gasteiger partial charge on any atom is 0.159 e. The molecule has 0 N–H and O–H groups in total. The number of carbonyl (C=O) groups is 1. The van der Waals surface area contributed by atoms with Crippen molar-refractivity contribution >= 4 is 18.4 Å². The topological polar surface area (TPSA) is 26.3 Å². The Kier molecular flexibility index (Phi) is 6.06. The summed E-state index contributed by atoms with van der Waals surface area (Å²) in [5, 5.41) is 0. The highest BCUT2D eigenvalue weighted by Crippen LogP contribution is 2.12. The minimum absolute atomic E-state index is 0.0592. The van der Waals surface area contributed by atoms with E-state index < -0.39 is 0 Å². The van der Waals surface area contributed by atoms with Crippen LogP contribution in [0.3, 0.4) is 0 Å². The number of rotatable bonds is 2. The fourth-order valence-corrected chi connectivity index (χ4v) is 0.842. The van der Waals surface area contributed by atoms with Crippen LogP contribution in [0.4, 0.5) is 0 Å². The van der Waals surface area contributed by atoms with Crippen LogP contribution in [-0.4, -0.2) is 19.1 Å². The summed E-state index contributed by atoms with van der Waals surface area (Å²) in [6.45, 7) is 1.54. The van der Waals surface area contributed by atoms with Crippen LogP contribution in [0.15, 0.2) is 24.3 Å². The van der Waals surface area contributed by atoms with E-state index >= 15 is 0 Å². The molecule has 3 heteroatoms. The SMILES string of the molecule is COc1cccc(C(C)=O)c1.CS. The number of benzene rings is 1. The van der Waals surface area contributed by atoms with Gasteiger partial charge in [-0.2, -0.15) is 12.6 Å². The number of hydrogen-bond donors (Lipinski definition) is 1. The maximum absolute atomic E-state index is 10.9. The summed E-state index contributed by atoms with van der Waals surface area (Å²) >= 11 is 3.53. The molecule has 0 spiro atoms. The highest BCUT2D eigenvalue weighted by atomic mass is 32.1. The molecule has 0 aromatic heterocycles. The number of hydrogen-bond acceptors (Lipinski definition) is 3. The zero-order valence-corrected chi connectivity index (χ0v) is 8.97. The van der Waals surface area contributed by atoms with Gasteiger partial charge in [0.1, 0.15) is 5.75 Å². The molecular weight excluding hydrogens is 184 g/mol. The van der Waals surface area contributed by atoms with Gasteiger partial charge < -0.3 is 4.74 Å². The molecule has 0 saturated heterocycles. The first kappa shape index (κ1) is 12.0. The molecule has 13 heavy (non-hydrogen) atoms. The smallest absolute Gasteiger partial charge is 0.159 e. The van der Waals surface area contributed by atoms with Crippen molar-refractivity contribution in [2.45, 2.75) is 6.92 Å². The van der Waals surface area contributed by atoms with E-state index in [0.717, 1.165) is 5.75 Å². The van der Waals surface area contributed by atoms with Crippen molar-refractivity contribution in [1.29, 1.82) is 0 Å². The average Bonchev–Trinajstić information content (AvgIpc) is 2.21. The first-order valence-electron chi connectivity index (χ1n) is 3.84. The van der Waals surface area contributed by atoms with E-state index in [-0.39, 0.29) is 5.78 Å². The van der Waals surface area contributed by atoms with Gasteiger partial charge in [0.15, 0.2) is 5.78 Å². The second-order valence-corrected chi connectivity index (χ2v) is 2.29. The molecule has 0 aliphatic carbocycles. The molecule has 0 aliphatic rings. The van der Waals surface area contributed by atoms with Crippen molar-refractivity contribution in [3.63, 3.8) is 0 Å². The molecular formula is C10H14O2S. The third kappa shape index (κ3) is 3.99. The molecule has 0 unspecified atom stereocenters. The number of Topliss-reactive ketones (excluding diaryl/α,β-unsaturated/α-hetero) is 1. The van der Waals surface area contributed by atoms with Gasteiger partial charge in [-0.25, -0.2) is 0 Å². The van der Waals surface area contributed by atoms with Gasteiger partial charge >= 0.3 is 0 Å². The van der Waals surface area contributed by atoms with Crippen LogP contribution >= 0.6 is 12.6 Å². The quantitative estimate of drug-likeness (QED) is 0.583. The first-order valence-corrected chi connectivity index (χ1v) is 4.73. The van der Waals surface area contributed by atoms with Crippen molar-refractivity contribution < 1.29 is 9.53 Å². The van der Waals surface area contributed by atoms with Crippen LogP contribution in [0.1, 0.15) is 17.3 Å². The summed E-state index contributed by atoms with van der Waals surface area (Å²) < 4.78 is 4.95. The average molecular weight is 198 g/mol. The van der Waals surface area contributed by atoms with Gasteiger partial charge in [0.05, 0.1) is 7.11 Å². The Morgan fingerprint density at radius 2 is 2.00 bits per heavy atom. The lowest BCUT2D eigenvalue weighted by Crippen LogP contribution is -1.92. The molecule has 0 aliphatic heterocycles. The van der Waals surface area contributed by atoms with E-state index in [2.05, 4.69) is 12.6 Å². The van der Waals surface area contributed by atoms with Gasteiger partial charge in [-0.15, -0.1) is 0 Å². The van der Waals surface area contributed by atoms with E-state index in [1.807, 2.05) is 6.07 Å². The Labute approximate surface area is 84.3 Å². The van der Waals surface area contributed by atoms with Crippen LogP contribution < -0.4 is 4.74 Å². The third-order valence-corrected chi connectivity index (χ3v) is 1.48. The van der Waals surface area contributed by atoms with E-state index in [4.69, 9.17) is 4.74 Å². The van der Waals surface area contributed by atoms with Crippen LogP contribution in [0.25, 0.3) is 0 Å². The lowest BCUT2D eigenvalue weighted by molar-refractivity contribution is 0.101. The number of methoxy groups -OCH3 is 1. The largest absolute Gasteiger partial charge is 0.497 e. The second kappa shape index (κ2) is 6.54. The molecule has 72 valence electrons. The van der Waals surface area contributed by atoms with Gasteiger partial charge in [-0.1, -0.05) is 12.1 Å². The lowest BCUT2D eigenvalue weighted by atomic mass is 10.1. The van der Waals surface area contributed by atoms with Gasteiger partial charge in [-0.3, -0.25) is 4.79 Å². The predicted octanol–water partition coefficient (Wildman–Crippen LogP) is 2.44. The van der Waals surface area contributed by atoms with E-state index in [9.17, 15) is 4.79 Å². The molecule has 2 nitrogen and oxygen atoms in total. The summed E-state index contributed by atoms with van der Waals surface area (Å²) in [6.07, 6.45) is 1.69. The Morgan fingerprint density at radius 1 is 1.38 bits per heavy atom. The Morgan fingerprint density at radius 3 is 2.46 bits per heavy atom. The van der Waals surface area contributed by atoms with Crippen LogP contribution in [-0.2, 0) is 0 Å². The molecule has 1 aromatic rings. The molecule has 1 rings (SSSR count). The van der Waals surface area contributed by atoms with Crippen molar-refractivity contribution in [2.75, 3.05) is 13.4 Å². The second-order valence-electron chi connectivity index (χ2n) is 2.29. The minimum atomic E-state index is 0.0592. The molecule has 0 heterocycles. The summed E-state index contributed by atoms with van der Waals surface area (Å²) in [6, 6.07) is 7.11. The van der Waals surface area contributed by atoms with Crippen molar-refractivity contribution in [3.05, 3.63) is 29.8 Å². The molecule has 0 amide bonds. The van der Waals surface area contributed by atoms with E-state index in [1.165, 1.54) is 6.92 Å². The molecule has 0 bridgehead atoms. The maximum atomic E-state index is 10.9. The zero-order valence-electron chi connectivity index (χ0n) is 8.07. The van der Waals surface area contributed by atoms with Crippen molar-refractivity contribution in [3.8, 4) is 5.75 Å². The van der Waals surface area contributed by atoms with Crippen LogP contribution in [0.2, 0.25) is 0 Å². The van der Waals surface area contributed by atoms with Gasteiger partial charge in [-0.05, 0) is 25.3 Å². The van der Waals surface area contributed by atoms with Gasteiger partial charge in [0.2, 0.25) is 0 Å². The number of thiol groups is 1. The van der Waals surface area contributed by atoms with Crippen LogP contribution in [0, 0.1) is 0 Å². The molecule has 0 saturated carbocycles. The summed E-state index contributed by atoms with van der Waals surface area (Å²) in [4.78, 5) is 10.9. The van der Waals surface area contributed by atoms with Crippen molar-refractivity contribution in [2.24, 2.45) is 0 Å². The summed E-state index contributed by atoms with van der Waals surface area (Å²) in [5.41, 5.74) is 0.685. The van der Waals surface area contributed by atoms with Gasteiger partial charge in [0.25, 0.3) is 0 Å². The highest BCUT2D eigenvalue weighted by Gasteiger charge is 1.98. The highest BCUT2D eigenvalue weighted by molar-refractivity contribution is 7.79. The fraction of sp³-hybridized carbons (Fsp3) is 0.300. The third-order valence-electron chi connectivity index (χ3n) is 1.48. The zero-order chi connectivity index (χ0) is 10.3. The Bertz CT molecular complexity index is 271. The number of carbonyl (C=O) groups excluding carboxylic acids is 1. The Balaban J connectivity index is 0.000000671. The minimum Gasteiger partial charge on any atom is -0.497 e. The summed E-state index contributed by atoms with van der Waals surface area (Å²) in [7, 11) is 1.58. The fourth-order valence-electron chi connectivity index (χ4n) is 0.842. The normalized spacial score (nSPS) is 8.31. The Hall–Kier alpha value is -0.960. The predicted molar refractivity (Wildman–Crippen MR) is 57.9 cm³/mol. The van der Waals surface area contributed by atoms with Crippen LogP contribution in [0.5, 0.6) is 5.75 Å². The molecule has 0 fully saturated rings. The van der Waals surface area contributed by atoms with E-state index in [1.54, 1.807) is 31.6 Å². The molecule has 0 atom stereocenters. The first-order chi connectivity index (χ1) is 6.24. The lowest BCUT2D eigenvalue weighted by Gasteiger charge is -1.99. The number of ketones is 1. The number of ether oxygens (including phenoxy) is 1. The molecule has 1 aromatic carbocycles. The molecule has 0 radical (unpaired) electrons. The van der Waals surface area contributed by atoms with E-state index in [0.29, 0.717) is 5.56 Å². The summed E-state index contributed by atoms with van der Waals surface area (Å²) in [5.74, 6) is 0.779. The van der Waals surface area contributed by atoms with Gasteiger partial charge in [0, 0.05) is 5.56 Å². The van der Waals surface area contributed by atoms with Crippen molar-refractivity contribution in [1.82, 2.24) is 0 Å².